The molecule has 0 aromatic rings. The maximum Gasteiger partial charge on any atom is 0.303 e. The Morgan fingerprint density at radius 1 is 1.09 bits per heavy atom. The van der Waals surface area contributed by atoms with Gasteiger partial charge >= 0.3 is 5.97 Å². The van der Waals surface area contributed by atoms with Crippen LogP contribution >= 0.6 is 0 Å². The van der Waals surface area contributed by atoms with Crippen LogP contribution in [-0.2, 0) is 4.79 Å². The highest BCUT2D eigenvalue weighted by molar-refractivity contribution is 5.66. The van der Waals surface area contributed by atoms with E-state index in [0.717, 1.165) is 12.8 Å². The summed E-state index contributed by atoms with van der Waals surface area (Å²) in [7, 11) is 0. The molecule has 0 aromatic heterocycles. The molecule has 0 aliphatic rings. The van der Waals surface area contributed by atoms with Crippen LogP contribution in [0, 0.1) is 10.1 Å². The maximum absolute atomic E-state index is 10.9. The number of carboxylic acids is 1. The number of carbonyl (C=O) groups is 1. The van der Waals surface area contributed by atoms with E-state index in [0.29, 0.717) is 12.8 Å². The van der Waals surface area contributed by atoms with Gasteiger partial charge in [0, 0.05) is 17.8 Å². The highest BCUT2D eigenvalue weighted by Gasteiger charge is 2.15. The Morgan fingerprint density at radius 2 is 1.74 bits per heavy atom. The molecule has 0 amide bonds. The largest absolute Gasteiger partial charge is 0.481 e. The third kappa shape index (κ3) is 14.8. The SMILES string of the molecule is CCCCC/C=C\C/C=C\C/C=C\C(CCCC(=O)O)[N+](=O)[O-]. The molecule has 0 spiro atoms. The first-order valence-corrected chi connectivity index (χ1v) is 8.39. The number of hydrogen-bond acceptors (Lipinski definition) is 3. The Morgan fingerprint density at radius 3 is 2.35 bits per heavy atom. The van der Waals surface area contributed by atoms with Crippen molar-refractivity contribution in [3.63, 3.8) is 0 Å². The summed E-state index contributed by atoms with van der Waals surface area (Å²) in [5.74, 6) is -0.915. The van der Waals surface area contributed by atoms with Crippen molar-refractivity contribution in [2.24, 2.45) is 0 Å². The molecular formula is C18H29NO4. The zero-order valence-electron chi connectivity index (χ0n) is 14.0. The van der Waals surface area contributed by atoms with Crippen LogP contribution < -0.4 is 0 Å². The summed E-state index contributed by atoms with van der Waals surface area (Å²) in [5, 5.41) is 19.4. The fourth-order valence-corrected chi connectivity index (χ4v) is 2.05. The van der Waals surface area contributed by atoms with Gasteiger partial charge in [0.2, 0.25) is 6.04 Å². The zero-order chi connectivity index (χ0) is 17.3. The van der Waals surface area contributed by atoms with Crippen molar-refractivity contribution in [3.05, 3.63) is 46.6 Å². The zero-order valence-corrected chi connectivity index (χ0v) is 14.0. The number of hydrogen-bond donors (Lipinski definition) is 1. The van der Waals surface area contributed by atoms with Crippen LogP contribution in [0.4, 0.5) is 0 Å². The van der Waals surface area contributed by atoms with Gasteiger partial charge in [-0.25, -0.2) is 0 Å². The maximum atomic E-state index is 10.9. The van der Waals surface area contributed by atoms with Crippen LogP contribution in [0.25, 0.3) is 0 Å². The predicted molar refractivity (Wildman–Crippen MR) is 93.1 cm³/mol. The molecule has 0 bridgehead atoms. The number of nitrogens with zero attached hydrogens (tertiary/aromatic N) is 1. The minimum Gasteiger partial charge on any atom is -0.481 e. The topological polar surface area (TPSA) is 80.4 Å². The Kier molecular flexibility index (Phi) is 13.8. The van der Waals surface area contributed by atoms with E-state index in [1.165, 1.54) is 19.3 Å². The average molecular weight is 323 g/mol. The van der Waals surface area contributed by atoms with E-state index in [-0.39, 0.29) is 17.8 Å². The van der Waals surface area contributed by atoms with Gasteiger partial charge in [-0.15, -0.1) is 0 Å². The number of carboxylic acid groups (broad SMARTS) is 1. The van der Waals surface area contributed by atoms with Crippen molar-refractivity contribution in [1.29, 1.82) is 0 Å². The van der Waals surface area contributed by atoms with Crippen LogP contribution in [0.1, 0.15) is 64.7 Å². The number of aliphatic carboxylic acids is 1. The number of rotatable bonds is 14. The van der Waals surface area contributed by atoms with Gasteiger partial charge in [-0.3, -0.25) is 14.9 Å². The van der Waals surface area contributed by atoms with Crippen LogP contribution in [0.3, 0.4) is 0 Å². The molecular weight excluding hydrogens is 294 g/mol. The molecule has 0 aromatic carbocycles. The summed E-state index contributed by atoms with van der Waals surface area (Å²) in [6, 6.07) is -0.791. The quantitative estimate of drug-likeness (QED) is 0.213. The van der Waals surface area contributed by atoms with E-state index in [1.54, 1.807) is 12.2 Å². The molecule has 130 valence electrons. The molecule has 0 rings (SSSR count). The number of unbranched alkanes of at least 4 members (excludes halogenated alkanes) is 3. The molecule has 1 N–H and O–H groups in total. The highest BCUT2D eigenvalue weighted by Crippen LogP contribution is 2.07. The lowest BCUT2D eigenvalue weighted by Gasteiger charge is -2.03. The van der Waals surface area contributed by atoms with Gasteiger partial charge in [-0.1, -0.05) is 50.1 Å². The summed E-state index contributed by atoms with van der Waals surface area (Å²) in [6.45, 7) is 2.19. The Balaban J connectivity index is 3.88. The molecule has 5 nitrogen and oxygen atoms in total. The van der Waals surface area contributed by atoms with Gasteiger partial charge < -0.3 is 5.11 Å². The first-order valence-electron chi connectivity index (χ1n) is 8.39. The fourth-order valence-electron chi connectivity index (χ4n) is 2.05. The first-order chi connectivity index (χ1) is 11.1. The Hall–Kier alpha value is -1.91. The Bertz CT molecular complexity index is 413. The van der Waals surface area contributed by atoms with Crippen LogP contribution in [-0.4, -0.2) is 22.0 Å². The van der Waals surface area contributed by atoms with E-state index < -0.39 is 12.0 Å². The molecule has 0 heterocycles. The van der Waals surface area contributed by atoms with Gasteiger partial charge in [0.15, 0.2) is 0 Å². The van der Waals surface area contributed by atoms with Crippen molar-refractivity contribution < 1.29 is 14.8 Å². The standard InChI is InChI=1S/C18H29NO4/c1-2-3-4-5-6-7-8-9-10-11-12-14-17(19(22)23)15-13-16-18(20)21/h6-7,9-10,12,14,17H,2-5,8,11,13,15-16H2,1H3,(H,20,21)/b7-6-,10-9-,14-12-. The van der Waals surface area contributed by atoms with Gasteiger partial charge in [0.25, 0.3) is 0 Å². The monoisotopic (exact) mass is 323 g/mol. The smallest absolute Gasteiger partial charge is 0.303 e. The highest BCUT2D eigenvalue weighted by atomic mass is 16.6. The third-order valence-corrected chi connectivity index (χ3v) is 3.37. The minimum atomic E-state index is -0.915. The molecule has 0 aliphatic carbocycles. The molecule has 1 atom stereocenters. The number of nitro groups is 1. The first kappa shape index (κ1) is 21.1. The Labute approximate surface area is 138 Å². The van der Waals surface area contributed by atoms with E-state index in [9.17, 15) is 14.9 Å². The van der Waals surface area contributed by atoms with Crippen molar-refractivity contribution in [3.8, 4) is 0 Å². The lowest BCUT2D eigenvalue weighted by molar-refractivity contribution is -0.510. The van der Waals surface area contributed by atoms with E-state index in [2.05, 4.69) is 19.1 Å². The molecule has 0 saturated heterocycles. The second kappa shape index (κ2) is 15.0. The van der Waals surface area contributed by atoms with Gasteiger partial charge in [-0.05, 0) is 38.2 Å². The lowest BCUT2D eigenvalue weighted by Crippen LogP contribution is -2.16. The van der Waals surface area contributed by atoms with Crippen LogP contribution in [0.2, 0.25) is 0 Å². The minimum absolute atomic E-state index is 0.0251. The van der Waals surface area contributed by atoms with Crippen LogP contribution in [0.15, 0.2) is 36.5 Å². The lowest BCUT2D eigenvalue weighted by atomic mass is 10.1. The van der Waals surface area contributed by atoms with Crippen molar-refractivity contribution in [1.82, 2.24) is 0 Å². The molecule has 23 heavy (non-hydrogen) atoms. The molecule has 1 unspecified atom stereocenters. The van der Waals surface area contributed by atoms with Gasteiger partial charge in [-0.2, -0.15) is 0 Å². The molecule has 0 aliphatic heterocycles. The summed E-state index contributed by atoms with van der Waals surface area (Å²) >= 11 is 0. The van der Waals surface area contributed by atoms with Crippen molar-refractivity contribution in [2.75, 3.05) is 0 Å². The molecule has 0 radical (unpaired) electrons. The number of allylic oxidation sites excluding steroid dienone is 5. The average Bonchev–Trinajstić information content (AvgIpc) is 2.50. The molecule has 0 fully saturated rings. The molecule has 0 saturated carbocycles. The summed E-state index contributed by atoms with van der Waals surface area (Å²) < 4.78 is 0. The van der Waals surface area contributed by atoms with E-state index in [4.69, 9.17) is 5.11 Å². The second-order valence-corrected chi connectivity index (χ2v) is 5.48. The normalized spacial score (nSPS) is 13.3. The van der Waals surface area contributed by atoms with E-state index in [1.807, 2.05) is 12.2 Å². The summed E-state index contributed by atoms with van der Waals surface area (Å²) in [6.07, 6.45) is 18.7. The summed E-state index contributed by atoms with van der Waals surface area (Å²) in [5.41, 5.74) is 0. The predicted octanol–water partition coefficient (Wildman–Crippen LogP) is 4.92. The second-order valence-electron chi connectivity index (χ2n) is 5.48. The van der Waals surface area contributed by atoms with Gasteiger partial charge in [0.1, 0.15) is 0 Å². The third-order valence-electron chi connectivity index (χ3n) is 3.37. The fraction of sp³-hybridized carbons (Fsp3) is 0.611. The van der Waals surface area contributed by atoms with Crippen molar-refractivity contribution >= 4 is 5.97 Å². The molecule has 5 heteroatoms. The van der Waals surface area contributed by atoms with Gasteiger partial charge in [0.05, 0.1) is 0 Å². The van der Waals surface area contributed by atoms with Crippen molar-refractivity contribution in [2.45, 2.75) is 70.8 Å². The van der Waals surface area contributed by atoms with Crippen LogP contribution in [0.5, 0.6) is 0 Å². The van der Waals surface area contributed by atoms with E-state index >= 15 is 0 Å². The summed E-state index contributed by atoms with van der Waals surface area (Å²) in [4.78, 5) is 20.9.